The molecule has 0 aromatic carbocycles. The predicted octanol–water partition coefficient (Wildman–Crippen LogP) is 2.60. The lowest BCUT2D eigenvalue weighted by molar-refractivity contribution is 0.0927. The van der Waals surface area contributed by atoms with Crippen LogP contribution in [0.4, 0.5) is 0 Å². The second-order valence-corrected chi connectivity index (χ2v) is 4.77. The Hall–Kier alpha value is -1.03. The molecule has 0 aliphatic carbocycles. The minimum Gasteiger partial charge on any atom is -0.348 e. The highest BCUT2D eigenvalue weighted by Gasteiger charge is 2.15. The zero-order valence-electron chi connectivity index (χ0n) is 11.4. The van der Waals surface area contributed by atoms with Gasteiger partial charge in [0.2, 0.25) is 0 Å². The second kappa shape index (κ2) is 7.41. The van der Waals surface area contributed by atoms with Crippen molar-refractivity contribution >= 4 is 17.5 Å². The number of hydrogen-bond donors (Lipinski definition) is 1. The van der Waals surface area contributed by atoms with Gasteiger partial charge in [0.15, 0.2) is 0 Å². The molecular formula is C13H22ClN3O. The Balaban J connectivity index is 2.68. The molecule has 0 radical (unpaired) electrons. The summed E-state index contributed by atoms with van der Waals surface area (Å²) in [5.41, 5.74) is 1.60. The van der Waals surface area contributed by atoms with E-state index in [1.54, 1.807) is 4.68 Å². The van der Waals surface area contributed by atoms with Crippen LogP contribution in [0.25, 0.3) is 0 Å². The molecule has 1 atom stereocenters. The molecule has 0 aliphatic heterocycles. The number of carbonyl (C=O) groups excluding carboxylic acids is 1. The lowest BCUT2D eigenvalue weighted by Crippen LogP contribution is -2.34. The fourth-order valence-corrected chi connectivity index (χ4v) is 1.97. The van der Waals surface area contributed by atoms with Gasteiger partial charge in [-0.1, -0.05) is 6.92 Å². The number of carbonyl (C=O) groups is 1. The van der Waals surface area contributed by atoms with E-state index in [4.69, 9.17) is 11.6 Å². The van der Waals surface area contributed by atoms with E-state index in [2.05, 4.69) is 10.4 Å². The molecule has 1 aromatic rings. The van der Waals surface area contributed by atoms with Crippen LogP contribution in [0.5, 0.6) is 0 Å². The van der Waals surface area contributed by atoms with E-state index in [-0.39, 0.29) is 11.9 Å². The van der Waals surface area contributed by atoms with Crippen molar-refractivity contribution in [2.75, 3.05) is 5.88 Å². The van der Waals surface area contributed by atoms with Gasteiger partial charge in [-0.2, -0.15) is 5.10 Å². The van der Waals surface area contributed by atoms with Gasteiger partial charge in [0.25, 0.3) is 5.91 Å². The van der Waals surface area contributed by atoms with Crippen molar-refractivity contribution in [2.45, 2.75) is 52.6 Å². The number of rotatable bonds is 7. The lowest BCUT2D eigenvalue weighted by Gasteiger charge is -2.13. The summed E-state index contributed by atoms with van der Waals surface area (Å²) in [6.45, 7) is 6.73. The van der Waals surface area contributed by atoms with Crippen molar-refractivity contribution in [1.29, 1.82) is 0 Å². The molecule has 0 fully saturated rings. The highest BCUT2D eigenvalue weighted by atomic mass is 35.5. The van der Waals surface area contributed by atoms with E-state index < -0.39 is 0 Å². The van der Waals surface area contributed by atoms with Crippen molar-refractivity contribution in [3.63, 3.8) is 0 Å². The molecule has 1 aromatic heterocycles. The van der Waals surface area contributed by atoms with Crippen LogP contribution in [0.3, 0.4) is 0 Å². The van der Waals surface area contributed by atoms with Crippen molar-refractivity contribution in [3.8, 4) is 0 Å². The molecule has 5 heteroatoms. The predicted molar refractivity (Wildman–Crippen MR) is 74.2 cm³/mol. The maximum absolute atomic E-state index is 12.1. The normalized spacial score (nSPS) is 12.4. The van der Waals surface area contributed by atoms with E-state index in [9.17, 15) is 4.79 Å². The molecular weight excluding hydrogens is 250 g/mol. The molecule has 4 nitrogen and oxygen atoms in total. The zero-order chi connectivity index (χ0) is 13.5. The fourth-order valence-electron chi connectivity index (χ4n) is 1.82. The van der Waals surface area contributed by atoms with E-state index >= 15 is 0 Å². The summed E-state index contributed by atoms with van der Waals surface area (Å²) in [6.07, 6.45) is 2.65. The molecule has 0 saturated carbocycles. The zero-order valence-corrected chi connectivity index (χ0v) is 12.1. The molecule has 0 saturated heterocycles. The third-order valence-electron chi connectivity index (χ3n) is 2.87. The average molecular weight is 272 g/mol. The van der Waals surface area contributed by atoms with Crippen molar-refractivity contribution in [3.05, 3.63) is 17.5 Å². The summed E-state index contributed by atoms with van der Waals surface area (Å²) in [5, 5.41) is 7.36. The van der Waals surface area contributed by atoms with Gasteiger partial charge >= 0.3 is 0 Å². The number of aryl methyl sites for hydroxylation is 2. The van der Waals surface area contributed by atoms with Gasteiger partial charge in [0.05, 0.1) is 5.69 Å². The number of hydrogen-bond acceptors (Lipinski definition) is 2. The number of aromatic nitrogens is 2. The molecule has 1 unspecified atom stereocenters. The molecule has 1 rings (SSSR count). The first-order chi connectivity index (χ1) is 8.62. The topological polar surface area (TPSA) is 46.9 Å². The maximum Gasteiger partial charge on any atom is 0.269 e. The van der Waals surface area contributed by atoms with E-state index in [0.29, 0.717) is 18.1 Å². The summed E-state index contributed by atoms with van der Waals surface area (Å²) in [7, 11) is 0. The molecule has 18 heavy (non-hydrogen) atoms. The Morgan fingerprint density at radius 2 is 2.28 bits per heavy atom. The number of amides is 1. The molecule has 0 aliphatic rings. The molecule has 102 valence electrons. The van der Waals surface area contributed by atoms with Gasteiger partial charge < -0.3 is 5.32 Å². The number of alkyl halides is 1. The quantitative estimate of drug-likeness (QED) is 0.775. The maximum atomic E-state index is 12.1. The van der Waals surface area contributed by atoms with Crippen LogP contribution >= 0.6 is 11.6 Å². The Labute approximate surface area is 114 Å². The number of nitrogens with zero attached hydrogens (tertiary/aromatic N) is 2. The first-order valence-electron chi connectivity index (χ1n) is 6.55. The third kappa shape index (κ3) is 4.02. The highest BCUT2D eigenvalue weighted by Crippen LogP contribution is 2.07. The fraction of sp³-hybridized carbons (Fsp3) is 0.692. The Bertz CT molecular complexity index is 390. The van der Waals surface area contributed by atoms with Crippen LogP contribution in [-0.2, 0) is 13.0 Å². The van der Waals surface area contributed by atoms with Gasteiger partial charge in [-0.05, 0) is 39.2 Å². The van der Waals surface area contributed by atoms with E-state index in [1.807, 2.05) is 26.8 Å². The van der Waals surface area contributed by atoms with Gasteiger partial charge in [-0.25, -0.2) is 0 Å². The third-order valence-corrected chi connectivity index (χ3v) is 3.14. The monoisotopic (exact) mass is 271 g/mol. The van der Waals surface area contributed by atoms with Gasteiger partial charge in [-0.15, -0.1) is 11.6 Å². The molecule has 1 heterocycles. The number of nitrogens with one attached hydrogen (secondary N) is 1. The van der Waals surface area contributed by atoms with Crippen LogP contribution in [0.15, 0.2) is 6.07 Å². The highest BCUT2D eigenvalue weighted by molar-refractivity contribution is 6.17. The SMILES string of the molecule is CCc1cc(C(=O)NC(C)CCCCl)n(CC)n1. The molecule has 0 spiro atoms. The minimum atomic E-state index is -0.0499. The number of halogens is 1. The lowest BCUT2D eigenvalue weighted by atomic mass is 10.2. The standard InChI is InChI=1S/C13H22ClN3O/c1-4-11-9-12(17(5-2)16-11)13(18)15-10(3)7-6-8-14/h9-10H,4-8H2,1-3H3,(H,15,18). The smallest absolute Gasteiger partial charge is 0.269 e. The van der Waals surface area contributed by atoms with Crippen molar-refractivity contribution in [1.82, 2.24) is 15.1 Å². The molecule has 0 bridgehead atoms. The largest absolute Gasteiger partial charge is 0.348 e. The van der Waals surface area contributed by atoms with Crippen LogP contribution < -0.4 is 5.32 Å². The first-order valence-corrected chi connectivity index (χ1v) is 7.09. The van der Waals surface area contributed by atoms with E-state index in [0.717, 1.165) is 25.0 Å². The van der Waals surface area contributed by atoms with Gasteiger partial charge in [-0.3, -0.25) is 9.48 Å². The van der Waals surface area contributed by atoms with Crippen LogP contribution in [0, 0.1) is 0 Å². The van der Waals surface area contributed by atoms with Crippen molar-refractivity contribution < 1.29 is 4.79 Å². The summed E-state index contributed by atoms with van der Waals surface area (Å²) in [4.78, 5) is 12.1. The minimum absolute atomic E-state index is 0.0499. The Morgan fingerprint density at radius 3 is 2.83 bits per heavy atom. The van der Waals surface area contributed by atoms with Crippen LogP contribution in [-0.4, -0.2) is 27.6 Å². The second-order valence-electron chi connectivity index (χ2n) is 4.40. The van der Waals surface area contributed by atoms with Gasteiger partial charge in [0, 0.05) is 18.5 Å². The Morgan fingerprint density at radius 1 is 1.56 bits per heavy atom. The summed E-state index contributed by atoms with van der Waals surface area (Å²) in [6, 6.07) is 2.01. The van der Waals surface area contributed by atoms with Crippen LogP contribution in [0.1, 0.15) is 49.8 Å². The average Bonchev–Trinajstić information content (AvgIpc) is 2.79. The summed E-state index contributed by atoms with van der Waals surface area (Å²) < 4.78 is 1.75. The van der Waals surface area contributed by atoms with Gasteiger partial charge in [0.1, 0.15) is 5.69 Å². The first kappa shape index (κ1) is 15.0. The summed E-state index contributed by atoms with van der Waals surface area (Å²) in [5.74, 6) is 0.582. The summed E-state index contributed by atoms with van der Waals surface area (Å²) >= 11 is 5.64. The molecule has 1 amide bonds. The molecule has 1 N–H and O–H groups in total. The Kier molecular flexibility index (Phi) is 6.19. The van der Waals surface area contributed by atoms with Crippen molar-refractivity contribution in [2.24, 2.45) is 0 Å². The van der Waals surface area contributed by atoms with Crippen LogP contribution in [0.2, 0.25) is 0 Å². The van der Waals surface area contributed by atoms with E-state index in [1.165, 1.54) is 0 Å².